The summed E-state index contributed by atoms with van der Waals surface area (Å²) in [6.07, 6.45) is 5.65. The SMILES string of the molecule is CC(NC1CCCC1(C)C)c1occc1Br. The topological polar surface area (TPSA) is 25.2 Å². The minimum atomic E-state index is 0.270. The molecule has 1 heterocycles. The van der Waals surface area contributed by atoms with Crippen molar-refractivity contribution in [3.63, 3.8) is 0 Å². The first-order valence-corrected chi connectivity index (χ1v) is 6.79. The highest BCUT2D eigenvalue weighted by molar-refractivity contribution is 9.10. The maximum absolute atomic E-state index is 5.50. The number of rotatable bonds is 3. The Balaban J connectivity index is 2.03. The van der Waals surface area contributed by atoms with E-state index in [1.54, 1.807) is 6.26 Å². The average Bonchev–Trinajstić information content (AvgIpc) is 2.74. The molecule has 1 aromatic heterocycles. The van der Waals surface area contributed by atoms with Gasteiger partial charge in [0.15, 0.2) is 0 Å². The summed E-state index contributed by atoms with van der Waals surface area (Å²) in [6, 6.07) is 2.82. The number of hydrogen-bond donors (Lipinski definition) is 1. The lowest BCUT2D eigenvalue weighted by molar-refractivity contribution is 0.255. The Kier molecular flexibility index (Phi) is 3.45. The Morgan fingerprint density at radius 3 is 2.81 bits per heavy atom. The normalized spacial score (nSPS) is 25.9. The van der Waals surface area contributed by atoms with E-state index in [1.807, 2.05) is 6.07 Å². The zero-order valence-corrected chi connectivity index (χ0v) is 11.8. The first-order chi connectivity index (χ1) is 7.50. The van der Waals surface area contributed by atoms with Gasteiger partial charge in [-0.2, -0.15) is 0 Å². The van der Waals surface area contributed by atoms with Crippen molar-refractivity contribution in [2.75, 3.05) is 0 Å². The molecule has 90 valence electrons. The van der Waals surface area contributed by atoms with E-state index in [0.29, 0.717) is 11.5 Å². The molecule has 1 aliphatic rings. The van der Waals surface area contributed by atoms with E-state index in [9.17, 15) is 0 Å². The predicted molar refractivity (Wildman–Crippen MR) is 69.4 cm³/mol. The van der Waals surface area contributed by atoms with Crippen molar-refractivity contribution in [1.82, 2.24) is 5.32 Å². The molecule has 1 aromatic rings. The molecule has 2 rings (SSSR count). The van der Waals surface area contributed by atoms with Gasteiger partial charge in [-0.3, -0.25) is 0 Å². The Hall–Kier alpha value is -0.280. The molecular weight excluding hydrogens is 266 g/mol. The maximum Gasteiger partial charge on any atom is 0.134 e. The summed E-state index contributed by atoms with van der Waals surface area (Å²) >= 11 is 3.51. The van der Waals surface area contributed by atoms with Crippen LogP contribution in [0.4, 0.5) is 0 Å². The molecule has 1 saturated carbocycles. The van der Waals surface area contributed by atoms with Gasteiger partial charge in [-0.05, 0) is 47.2 Å². The molecular formula is C13H20BrNO. The van der Waals surface area contributed by atoms with Gasteiger partial charge in [0.2, 0.25) is 0 Å². The smallest absolute Gasteiger partial charge is 0.134 e. The second-order valence-electron chi connectivity index (χ2n) is 5.45. The van der Waals surface area contributed by atoms with E-state index in [4.69, 9.17) is 4.42 Å². The van der Waals surface area contributed by atoms with Gasteiger partial charge in [0, 0.05) is 6.04 Å². The third-order valence-corrected chi connectivity index (χ3v) is 4.40. The molecule has 2 unspecified atom stereocenters. The van der Waals surface area contributed by atoms with E-state index >= 15 is 0 Å². The molecule has 0 aromatic carbocycles. The van der Waals surface area contributed by atoms with E-state index < -0.39 is 0 Å². The zero-order chi connectivity index (χ0) is 11.8. The fraction of sp³-hybridized carbons (Fsp3) is 0.692. The fourth-order valence-electron chi connectivity index (χ4n) is 2.63. The quantitative estimate of drug-likeness (QED) is 0.897. The molecule has 2 nitrogen and oxygen atoms in total. The second kappa shape index (κ2) is 4.53. The van der Waals surface area contributed by atoms with Gasteiger partial charge in [0.05, 0.1) is 16.8 Å². The molecule has 0 aliphatic heterocycles. The molecule has 0 radical (unpaired) electrons. The van der Waals surface area contributed by atoms with Crippen LogP contribution in [-0.4, -0.2) is 6.04 Å². The first kappa shape index (κ1) is 12.2. The van der Waals surface area contributed by atoms with Gasteiger partial charge < -0.3 is 9.73 Å². The van der Waals surface area contributed by atoms with Crippen molar-refractivity contribution < 1.29 is 4.42 Å². The van der Waals surface area contributed by atoms with Crippen LogP contribution in [0, 0.1) is 5.41 Å². The summed E-state index contributed by atoms with van der Waals surface area (Å²) in [4.78, 5) is 0. The van der Waals surface area contributed by atoms with E-state index in [0.717, 1.165) is 10.2 Å². The molecule has 0 bridgehead atoms. The fourth-order valence-corrected chi connectivity index (χ4v) is 3.17. The van der Waals surface area contributed by atoms with Crippen LogP contribution in [0.15, 0.2) is 21.2 Å². The Labute approximate surface area is 106 Å². The number of halogens is 1. The van der Waals surface area contributed by atoms with Crippen LogP contribution in [0.2, 0.25) is 0 Å². The molecule has 1 aliphatic carbocycles. The van der Waals surface area contributed by atoms with Gasteiger partial charge in [-0.15, -0.1) is 0 Å². The van der Waals surface area contributed by atoms with Crippen LogP contribution in [0.1, 0.15) is 51.8 Å². The molecule has 3 heteroatoms. The highest BCUT2D eigenvalue weighted by Crippen LogP contribution is 2.38. The Bertz CT molecular complexity index is 359. The van der Waals surface area contributed by atoms with Gasteiger partial charge >= 0.3 is 0 Å². The standard InChI is InChI=1S/C13H20BrNO/c1-9(12-10(14)6-8-16-12)15-11-5-4-7-13(11,2)3/h6,8-9,11,15H,4-5,7H2,1-3H3. The van der Waals surface area contributed by atoms with Gasteiger partial charge in [0.1, 0.15) is 5.76 Å². The van der Waals surface area contributed by atoms with Crippen LogP contribution in [0.25, 0.3) is 0 Å². The minimum Gasteiger partial charge on any atom is -0.466 e. The number of nitrogens with one attached hydrogen (secondary N) is 1. The van der Waals surface area contributed by atoms with E-state index in [2.05, 4.69) is 42.0 Å². The van der Waals surface area contributed by atoms with Crippen LogP contribution in [0.3, 0.4) is 0 Å². The molecule has 1 N–H and O–H groups in total. The van der Waals surface area contributed by atoms with Gasteiger partial charge in [0.25, 0.3) is 0 Å². The maximum atomic E-state index is 5.50. The summed E-state index contributed by atoms with van der Waals surface area (Å²) in [5.74, 6) is 1.00. The average molecular weight is 286 g/mol. The van der Waals surface area contributed by atoms with Crippen LogP contribution >= 0.6 is 15.9 Å². The van der Waals surface area contributed by atoms with Crippen LogP contribution in [0.5, 0.6) is 0 Å². The van der Waals surface area contributed by atoms with Crippen molar-refractivity contribution >= 4 is 15.9 Å². The van der Waals surface area contributed by atoms with Crippen molar-refractivity contribution in [2.24, 2.45) is 5.41 Å². The lowest BCUT2D eigenvalue weighted by Crippen LogP contribution is -2.39. The van der Waals surface area contributed by atoms with E-state index in [-0.39, 0.29) is 6.04 Å². The van der Waals surface area contributed by atoms with Gasteiger partial charge in [-0.25, -0.2) is 0 Å². The van der Waals surface area contributed by atoms with Crippen molar-refractivity contribution in [3.8, 4) is 0 Å². The molecule has 0 spiro atoms. The predicted octanol–water partition coefficient (Wildman–Crippen LogP) is 4.27. The summed E-state index contributed by atoms with van der Waals surface area (Å²) < 4.78 is 6.55. The number of furan rings is 1. The lowest BCUT2D eigenvalue weighted by atomic mass is 9.87. The zero-order valence-electron chi connectivity index (χ0n) is 10.2. The van der Waals surface area contributed by atoms with E-state index in [1.165, 1.54) is 19.3 Å². The summed E-state index contributed by atoms with van der Waals surface area (Å²) in [5.41, 5.74) is 0.410. The third-order valence-electron chi connectivity index (χ3n) is 3.75. The third kappa shape index (κ3) is 2.35. The molecule has 0 amide bonds. The first-order valence-electron chi connectivity index (χ1n) is 5.99. The van der Waals surface area contributed by atoms with Crippen LogP contribution < -0.4 is 5.32 Å². The summed E-state index contributed by atoms with van der Waals surface area (Å²) in [6.45, 7) is 6.86. The summed E-state index contributed by atoms with van der Waals surface area (Å²) in [5, 5.41) is 3.69. The minimum absolute atomic E-state index is 0.270. The Morgan fingerprint density at radius 2 is 2.31 bits per heavy atom. The second-order valence-corrected chi connectivity index (χ2v) is 6.31. The highest BCUT2D eigenvalue weighted by Gasteiger charge is 2.35. The molecule has 0 saturated heterocycles. The van der Waals surface area contributed by atoms with Crippen LogP contribution in [-0.2, 0) is 0 Å². The van der Waals surface area contributed by atoms with Crippen molar-refractivity contribution in [1.29, 1.82) is 0 Å². The number of hydrogen-bond acceptors (Lipinski definition) is 2. The molecule has 1 fully saturated rings. The van der Waals surface area contributed by atoms with Crippen molar-refractivity contribution in [2.45, 2.75) is 52.1 Å². The highest BCUT2D eigenvalue weighted by atomic mass is 79.9. The van der Waals surface area contributed by atoms with Crippen molar-refractivity contribution in [3.05, 3.63) is 22.6 Å². The monoisotopic (exact) mass is 285 g/mol. The Morgan fingerprint density at radius 1 is 1.56 bits per heavy atom. The molecule has 2 atom stereocenters. The lowest BCUT2D eigenvalue weighted by Gasteiger charge is -2.30. The largest absolute Gasteiger partial charge is 0.466 e. The molecule has 16 heavy (non-hydrogen) atoms. The van der Waals surface area contributed by atoms with Gasteiger partial charge in [-0.1, -0.05) is 20.3 Å². The summed E-state index contributed by atoms with van der Waals surface area (Å²) in [7, 11) is 0.